The van der Waals surface area contributed by atoms with E-state index >= 15 is 0 Å². The van der Waals surface area contributed by atoms with Crippen LogP contribution in [0.4, 0.5) is 0 Å². The van der Waals surface area contributed by atoms with Gasteiger partial charge in [-0.25, -0.2) is 0 Å². The molecule has 0 radical (unpaired) electrons. The Balaban J connectivity index is 2.56. The molecule has 1 heterocycles. The molecule has 1 atom stereocenters. The van der Waals surface area contributed by atoms with E-state index in [1.54, 1.807) is 0 Å². The minimum absolute atomic E-state index is 0.593. The third kappa shape index (κ3) is 3.35. The van der Waals surface area contributed by atoms with Gasteiger partial charge in [0.05, 0.1) is 10.7 Å². The summed E-state index contributed by atoms with van der Waals surface area (Å²) in [4.78, 5) is 0. The number of hydrogen-bond donors (Lipinski definition) is 1. The molecule has 1 aromatic rings. The van der Waals surface area contributed by atoms with Gasteiger partial charge in [0.15, 0.2) is 0 Å². The average molecular weight is 263 g/mol. The van der Waals surface area contributed by atoms with E-state index in [4.69, 9.17) is 0 Å². The lowest BCUT2D eigenvalue weighted by molar-refractivity contribution is 0.355. The molecule has 0 aliphatic rings. The second kappa shape index (κ2) is 5.05. The highest BCUT2D eigenvalue weighted by molar-refractivity contribution is 9.10. The van der Waals surface area contributed by atoms with E-state index in [0.29, 0.717) is 11.8 Å². The summed E-state index contributed by atoms with van der Waals surface area (Å²) in [6.45, 7) is 5.39. The van der Waals surface area contributed by atoms with Gasteiger partial charge in [-0.05, 0) is 33.5 Å². The average Bonchev–Trinajstić information content (AvgIpc) is 2.46. The largest absolute Gasteiger partial charge is 0.271 e. The fourth-order valence-corrected chi connectivity index (χ4v) is 2.02. The van der Waals surface area contributed by atoms with Gasteiger partial charge in [0.1, 0.15) is 0 Å². The minimum Gasteiger partial charge on any atom is -0.271 e. The van der Waals surface area contributed by atoms with E-state index < -0.39 is 0 Å². The molecule has 0 aliphatic heterocycles. The predicted molar refractivity (Wildman–Crippen MR) is 62.1 cm³/mol. The van der Waals surface area contributed by atoms with Crippen LogP contribution >= 0.6 is 28.6 Å². The maximum atomic E-state index is 4.34. The molecule has 2 nitrogen and oxygen atoms in total. The molecule has 0 amide bonds. The maximum Gasteiger partial charge on any atom is 0.0632 e. The fraction of sp³-hybridized carbons (Fsp3) is 0.667. The van der Waals surface area contributed by atoms with Crippen LogP contribution in [0.3, 0.4) is 0 Å². The van der Waals surface area contributed by atoms with E-state index in [0.717, 1.165) is 16.8 Å². The molecule has 0 spiro atoms. The quantitative estimate of drug-likeness (QED) is 0.827. The van der Waals surface area contributed by atoms with Gasteiger partial charge in [0, 0.05) is 12.7 Å². The Bertz CT molecular complexity index is 260. The predicted octanol–water partition coefficient (Wildman–Crippen LogP) is 2.85. The van der Waals surface area contributed by atoms with Gasteiger partial charge in [0.2, 0.25) is 0 Å². The molecule has 0 bridgehead atoms. The standard InChI is InChI=1S/C9H15BrN2S/c1-7(2)8(6-13)4-12-5-9(10)3-11-12/h3,5,7-8,13H,4,6H2,1-2H3. The van der Waals surface area contributed by atoms with Crippen LogP contribution in [0.5, 0.6) is 0 Å². The zero-order chi connectivity index (χ0) is 9.84. The van der Waals surface area contributed by atoms with Crippen molar-refractivity contribution in [3.8, 4) is 0 Å². The van der Waals surface area contributed by atoms with Crippen molar-refractivity contribution in [1.82, 2.24) is 9.78 Å². The summed E-state index contributed by atoms with van der Waals surface area (Å²) in [6.07, 6.45) is 3.81. The smallest absolute Gasteiger partial charge is 0.0632 e. The van der Waals surface area contributed by atoms with Crippen LogP contribution in [-0.4, -0.2) is 15.5 Å². The van der Waals surface area contributed by atoms with Crippen molar-refractivity contribution in [2.75, 3.05) is 5.75 Å². The van der Waals surface area contributed by atoms with Crippen molar-refractivity contribution in [1.29, 1.82) is 0 Å². The third-order valence-corrected chi connectivity index (χ3v) is 3.08. The summed E-state index contributed by atoms with van der Waals surface area (Å²) in [5.74, 6) is 2.16. The molecule has 1 aromatic heterocycles. The molecule has 1 rings (SSSR count). The van der Waals surface area contributed by atoms with Crippen molar-refractivity contribution >= 4 is 28.6 Å². The lowest BCUT2D eigenvalue weighted by Crippen LogP contribution is -2.18. The van der Waals surface area contributed by atoms with E-state index in [1.807, 2.05) is 17.1 Å². The molecule has 13 heavy (non-hydrogen) atoms. The maximum absolute atomic E-state index is 4.34. The third-order valence-electron chi connectivity index (χ3n) is 2.20. The Labute approximate surface area is 93.3 Å². The van der Waals surface area contributed by atoms with Crippen molar-refractivity contribution in [3.05, 3.63) is 16.9 Å². The molecule has 0 saturated carbocycles. The second-order valence-electron chi connectivity index (χ2n) is 3.57. The van der Waals surface area contributed by atoms with Gasteiger partial charge < -0.3 is 0 Å². The van der Waals surface area contributed by atoms with Crippen LogP contribution in [0.15, 0.2) is 16.9 Å². The summed E-state index contributed by atoms with van der Waals surface area (Å²) in [5, 5.41) is 4.22. The van der Waals surface area contributed by atoms with E-state index in [1.165, 1.54) is 0 Å². The lowest BCUT2D eigenvalue weighted by atomic mass is 9.98. The Morgan fingerprint density at radius 2 is 2.31 bits per heavy atom. The van der Waals surface area contributed by atoms with Gasteiger partial charge in [-0.15, -0.1) is 0 Å². The monoisotopic (exact) mass is 262 g/mol. The van der Waals surface area contributed by atoms with E-state index in [9.17, 15) is 0 Å². The van der Waals surface area contributed by atoms with Gasteiger partial charge in [-0.2, -0.15) is 17.7 Å². The minimum atomic E-state index is 0.593. The number of halogens is 1. The summed E-state index contributed by atoms with van der Waals surface area (Å²) in [5.41, 5.74) is 0. The fourth-order valence-electron chi connectivity index (χ4n) is 1.16. The first-order chi connectivity index (χ1) is 6.13. The van der Waals surface area contributed by atoms with Gasteiger partial charge in [-0.3, -0.25) is 4.68 Å². The first-order valence-corrected chi connectivity index (χ1v) is 5.85. The molecule has 1 unspecified atom stereocenters. The zero-order valence-corrected chi connectivity index (χ0v) is 10.4. The highest BCUT2D eigenvalue weighted by Gasteiger charge is 2.12. The van der Waals surface area contributed by atoms with Crippen LogP contribution in [0.2, 0.25) is 0 Å². The normalized spacial score (nSPS) is 13.6. The molecule has 0 saturated heterocycles. The Morgan fingerprint density at radius 3 is 2.69 bits per heavy atom. The molecule has 0 fully saturated rings. The lowest BCUT2D eigenvalue weighted by Gasteiger charge is -2.17. The number of thiol groups is 1. The van der Waals surface area contributed by atoms with Crippen LogP contribution < -0.4 is 0 Å². The highest BCUT2D eigenvalue weighted by atomic mass is 79.9. The van der Waals surface area contributed by atoms with Crippen LogP contribution in [-0.2, 0) is 6.54 Å². The summed E-state index contributed by atoms with van der Waals surface area (Å²) in [7, 11) is 0. The number of aromatic nitrogens is 2. The van der Waals surface area contributed by atoms with Gasteiger partial charge in [0.25, 0.3) is 0 Å². The molecular weight excluding hydrogens is 248 g/mol. The number of rotatable bonds is 4. The summed E-state index contributed by atoms with van der Waals surface area (Å²) in [6, 6.07) is 0. The molecule has 0 aromatic carbocycles. The number of nitrogens with zero attached hydrogens (tertiary/aromatic N) is 2. The zero-order valence-electron chi connectivity index (χ0n) is 7.94. The molecular formula is C9H15BrN2S. The summed E-state index contributed by atoms with van der Waals surface area (Å²) >= 11 is 7.72. The van der Waals surface area contributed by atoms with Crippen molar-refractivity contribution in [3.63, 3.8) is 0 Å². The summed E-state index contributed by atoms with van der Waals surface area (Å²) < 4.78 is 3.00. The van der Waals surface area contributed by atoms with Gasteiger partial charge in [-0.1, -0.05) is 13.8 Å². The van der Waals surface area contributed by atoms with Crippen molar-refractivity contribution in [2.45, 2.75) is 20.4 Å². The molecule has 0 aliphatic carbocycles. The second-order valence-corrected chi connectivity index (χ2v) is 4.85. The first kappa shape index (κ1) is 11.1. The molecule has 0 N–H and O–H groups in total. The number of hydrogen-bond acceptors (Lipinski definition) is 2. The van der Waals surface area contributed by atoms with Gasteiger partial charge >= 0.3 is 0 Å². The SMILES string of the molecule is CC(C)C(CS)Cn1cc(Br)cn1. The topological polar surface area (TPSA) is 17.8 Å². The van der Waals surface area contributed by atoms with E-state index in [-0.39, 0.29) is 0 Å². The van der Waals surface area contributed by atoms with Crippen LogP contribution in [0.1, 0.15) is 13.8 Å². The van der Waals surface area contributed by atoms with Crippen LogP contribution in [0.25, 0.3) is 0 Å². The van der Waals surface area contributed by atoms with Crippen molar-refractivity contribution in [2.24, 2.45) is 11.8 Å². The Morgan fingerprint density at radius 1 is 1.62 bits per heavy atom. The Hall–Kier alpha value is 0.0400. The van der Waals surface area contributed by atoms with E-state index in [2.05, 4.69) is 47.5 Å². The van der Waals surface area contributed by atoms with Crippen LogP contribution in [0, 0.1) is 11.8 Å². The van der Waals surface area contributed by atoms with Crippen molar-refractivity contribution < 1.29 is 0 Å². The molecule has 4 heteroatoms. The first-order valence-electron chi connectivity index (χ1n) is 4.42. The highest BCUT2D eigenvalue weighted by Crippen LogP contribution is 2.16. The Kier molecular flexibility index (Phi) is 4.32. The molecule has 74 valence electrons.